The maximum absolute atomic E-state index is 7.52. The molecule has 4 aromatic carbocycles. The van der Waals surface area contributed by atoms with Crippen LogP contribution >= 0.6 is 92.8 Å². The van der Waals surface area contributed by atoms with Gasteiger partial charge in [0.25, 0.3) is 0 Å². The van der Waals surface area contributed by atoms with Crippen LogP contribution in [0.25, 0.3) is 89.7 Å². The molecule has 2 aliphatic heterocycles. The van der Waals surface area contributed by atoms with Gasteiger partial charge in [-0.2, -0.15) is 0 Å². The molecule has 0 amide bonds. The van der Waals surface area contributed by atoms with Crippen LogP contribution in [0.2, 0.25) is 40.2 Å². The largest absolute Gasteiger partial charge is 0.491 e. The van der Waals surface area contributed by atoms with Crippen molar-refractivity contribution in [2.45, 2.75) is 162 Å². The van der Waals surface area contributed by atoms with E-state index in [1.807, 2.05) is 0 Å². The zero-order chi connectivity index (χ0) is 69.7. The molecule has 0 spiro atoms. The van der Waals surface area contributed by atoms with Crippen molar-refractivity contribution in [3.05, 3.63) is 40.2 Å². The summed E-state index contributed by atoms with van der Waals surface area (Å²) in [5.74, 6) is 3.93. The summed E-state index contributed by atoms with van der Waals surface area (Å²) in [6.07, 6.45) is 5.28. The molecule has 9 rings (SSSR count). The number of aromatic nitrogens is 8. The predicted octanol–water partition coefficient (Wildman–Crippen LogP) is 23.5. The van der Waals surface area contributed by atoms with Gasteiger partial charge in [-0.05, 0) is 98.7 Å². The molecular formula is C72H90Cl8N8O8. The Morgan fingerprint density at radius 1 is 0.229 bits per heavy atom. The Bertz CT molecular complexity index is 3640. The molecule has 0 unspecified atom stereocenters. The fraction of sp³-hybridized carbons (Fsp3) is 0.556. The van der Waals surface area contributed by atoms with Crippen LogP contribution < -0.4 is 37.9 Å². The highest BCUT2D eigenvalue weighted by molar-refractivity contribution is 6.48. The number of rotatable bonds is 32. The van der Waals surface area contributed by atoms with Gasteiger partial charge < -0.3 is 47.9 Å². The minimum Gasteiger partial charge on any atom is -0.491 e. The molecular weight excluding hydrogens is 1390 g/mol. The zero-order valence-electron chi connectivity index (χ0n) is 57.9. The van der Waals surface area contributed by atoms with Crippen molar-refractivity contribution in [3.63, 3.8) is 0 Å². The third-order valence-corrected chi connectivity index (χ3v) is 19.6. The van der Waals surface area contributed by atoms with Gasteiger partial charge in [0, 0.05) is 0 Å². The second kappa shape index (κ2) is 33.0. The lowest BCUT2D eigenvalue weighted by Crippen LogP contribution is -2.06. The van der Waals surface area contributed by atoms with Crippen LogP contribution in [0, 0.1) is 47.3 Å². The number of hydrogen-bond acceptors (Lipinski definition) is 14. The van der Waals surface area contributed by atoms with Crippen molar-refractivity contribution in [1.29, 1.82) is 0 Å². The van der Waals surface area contributed by atoms with Gasteiger partial charge in [0.15, 0.2) is 69.3 Å². The van der Waals surface area contributed by atoms with Gasteiger partial charge in [0.05, 0.1) is 96.7 Å². The molecule has 7 aromatic rings. The van der Waals surface area contributed by atoms with Crippen LogP contribution in [0.3, 0.4) is 0 Å². The van der Waals surface area contributed by atoms with Crippen molar-refractivity contribution in [2.75, 3.05) is 52.9 Å². The minimum atomic E-state index is 0.0773. The highest BCUT2D eigenvalue weighted by Crippen LogP contribution is 2.59. The number of H-pyrrole nitrogens is 2. The fourth-order valence-electron chi connectivity index (χ4n) is 10.6. The Morgan fingerprint density at radius 2 is 0.375 bits per heavy atom. The first-order valence-corrected chi connectivity index (χ1v) is 36.7. The van der Waals surface area contributed by atoms with E-state index in [-0.39, 0.29) is 232 Å². The lowest BCUT2D eigenvalue weighted by Gasteiger charge is -2.19. The van der Waals surface area contributed by atoms with Gasteiger partial charge in [-0.15, -0.1) is 0 Å². The van der Waals surface area contributed by atoms with E-state index < -0.39 is 0 Å². The molecule has 5 heterocycles. The Labute approximate surface area is 604 Å². The van der Waals surface area contributed by atoms with Crippen LogP contribution in [0.1, 0.15) is 162 Å². The molecule has 16 nitrogen and oxygen atoms in total. The molecule has 96 heavy (non-hydrogen) atoms. The van der Waals surface area contributed by atoms with Crippen LogP contribution in [0.4, 0.5) is 0 Å². The molecule has 2 aliphatic rings. The summed E-state index contributed by atoms with van der Waals surface area (Å²) < 4.78 is 54.5. The van der Waals surface area contributed by atoms with Crippen LogP contribution in [-0.4, -0.2) is 92.7 Å². The van der Waals surface area contributed by atoms with Gasteiger partial charge >= 0.3 is 0 Å². The lowest BCUT2D eigenvalue weighted by atomic mass is 10.0. The fourth-order valence-corrected chi connectivity index (χ4v) is 12.5. The van der Waals surface area contributed by atoms with E-state index in [1.165, 1.54) is 0 Å². The monoisotopic (exact) mass is 1470 g/mol. The molecule has 2 N–H and O–H groups in total. The molecule has 0 saturated heterocycles. The van der Waals surface area contributed by atoms with Crippen molar-refractivity contribution in [3.8, 4) is 91.5 Å². The average molecular weight is 1480 g/mol. The van der Waals surface area contributed by atoms with Crippen LogP contribution in [-0.2, 0) is 0 Å². The summed E-state index contributed by atoms with van der Waals surface area (Å²) in [6.45, 7) is 35.7. The molecule has 3 aromatic heterocycles. The number of aromatic amines is 2. The average Bonchev–Trinajstić information content (AvgIpc) is 1.56. The number of hydrogen-bond donors (Lipinski definition) is 2. The molecule has 0 fully saturated rings. The maximum atomic E-state index is 7.52. The van der Waals surface area contributed by atoms with E-state index >= 15 is 0 Å². The van der Waals surface area contributed by atoms with Gasteiger partial charge in [0.2, 0.25) is 0 Å². The highest BCUT2D eigenvalue weighted by Gasteiger charge is 2.38. The highest BCUT2D eigenvalue weighted by atomic mass is 35.5. The SMILES string of the molecule is CC(C)CCOc1c(Cl)c(Cl)c(OCCC(C)C)c2c1-c1nc-2nc2[nH]c(nc3nc(nc4[nH]c(n1)c1c(OCCC(C)C)c(Cl)c(Cl)c(OCCC(C)C)c41)-c1c(OCCC(C)C)c(Cl)c(Cl)c(OCCC(C)C)c1-3)c1c(OCCC(C)C)c(Cl)c(Cl)c(OCCC(C)C)c21. The zero-order valence-corrected chi connectivity index (χ0v) is 64.0. The molecule has 522 valence electrons. The maximum Gasteiger partial charge on any atom is 0.168 e. The number of nitrogens with one attached hydrogen (secondary N) is 2. The first kappa shape index (κ1) is 75.2. The number of fused-ring (bicyclic) bond motifs is 20. The second-order valence-electron chi connectivity index (χ2n) is 28.0. The number of nitrogens with zero attached hydrogens (tertiary/aromatic N) is 6. The summed E-state index contributed by atoms with van der Waals surface area (Å²) in [6, 6.07) is 0. The van der Waals surface area contributed by atoms with E-state index in [9.17, 15) is 0 Å². The molecule has 24 heteroatoms. The van der Waals surface area contributed by atoms with E-state index in [2.05, 4.69) is 121 Å². The van der Waals surface area contributed by atoms with Gasteiger partial charge in [-0.3, -0.25) is 0 Å². The van der Waals surface area contributed by atoms with E-state index in [1.54, 1.807) is 0 Å². The van der Waals surface area contributed by atoms with Gasteiger partial charge in [0.1, 0.15) is 62.8 Å². The normalized spacial score (nSPS) is 12.3. The Kier molecular flexibility index (Phi) is 25.8. The second-order valence-corrected chi connectivity index (χ2v) is 31.0. The van der Waals surface area contributed by atoms with Gasteiger partial charge in [-0.1, -0.05) is 204 Å². The Balaban J connectivity index is 1.61. The topological polar surface area (TPSA) is 183 Å². The lowest BCUT2D eigenvalue weighted by molar-refractivity contribution is 0.284. The molecule has 0 saturated carbocycles. The number of halogens is 8. The van der Waals surface area contributed by atoms with Crippen molar-refractivity contribution < 1.29 is 37.9 Å². The summed E-state index contributed by atoms with van der Waals surface area (Å²) >= 11 is 60.2. The van der Waals surface area contributed by atoms with E-state index in [4.69, 9.17) is 161 Å². The number of ether oxygens (including phenoxy) is 8. The van der Waals surface area contributed by atoms with Crippen molar-refractivity contribution in [1.82, 2.24) is 39.9 Å². The summed E-state index contributed by atoms with van der Waals surface area (Å²) in [7, 11) is 0. The standard InChI is InChI=1S/C72H90Cl8N8O8/c1-33(2)17-25-89-57-41-42(58(50(74)49(57)73)90-26-18-34(3)4)66-81-65(41)85-67-43-44(60(92-28-20-36(7)8)52(76)51(75)59(43)91-27-19-35(5)6)69(82-67)87-71-47-48(64(96-32-24-40(15)16)56(80)55(79)63(47)95-31-23-39(13)14)72(84-71)88-70-46-45(68(83-70)86-66)61(93-29-21-37(9)10)53(77)54(78)62(46)94-30-22-38(11)12/h33-40H,17-32H2,1-16H3,(H2,81,82,83,84,85,86,87,88). The van der Waals surface area contributed by atoms with Gasteiger partial charge in [-0.25, -0.2) is 29.9 Å². The van der Waals surface area contributed by atoms with Crippen LogP contribution in [0.15, 0.2) is 0 Å². The van der Waals surface area contributed by atoms with Crippen molar-refractivity contribution in [2.24, 2.45) is 47.3 Å². The quantitative estimate of drug-likeness (QED) is 0.0406. The summed E-state index contributed by atoms with van der Waals surface area (Å²) in [5.41, 5.74) is 1.98. The van der Waals surface area contributed by atoms with E-state index in [0.29, 0.717) is 95.2 Å². The third-order valence-electron chi connectivity index (χ3n) is 16.3. The summed E-state index contributed by atoms with van der Waals surface area (Å²) in [4.78, 5) is 40.2. The minimum absolute atomic E-state index is 0.0773. The first-order chi connectivity index (χ1) is 45.6. The molecule has 0 aliphatic carbocycles. The smallest absolute Gasteiger partial charge is 0.168 e. The van der Waals surface area contributed by atoms with Crippen LogP contribution in [0.5, 0.6) is 46.0 Å². The third kappa shape index (κ3) is 16.7. The molecule has 0 radical (unpaired) electrons. The predicted molar refractivity (Wildman–Crippen MR) is 396 cm³/mol. The molecule has 8 bridgehead atoms. The Morgan fingerprint density at radius 3 is 0.531 bits per heavy atom. The summed E-state index contributed by atoms with van der Waals surface area (Å²) in [5, 5.41) is 2.06. The van der Waals surface area contributed by atoms with E-state index in [0.717, 1.165) is 0 Å². The molecule has 0 atom stereocenters. The first-order valence-electron chi connectivity index (χ1n) is 33.6. The van der Waals surface area contributed by atoms with Crippen molar-refractivity contribution >= 4 is 137 Å². The Hall–Kier alpha value is -5.04. The number of benzene rings is 4.